The summed E-state index contributed by atoms with van der Waals surface area (Å²) in [6.45, 7) is 20.9. The molecule has 16 unspecified atom stereocenters. The minimum Gasteiger partial charge on any atom is -0.462 e. The summed E-state index contributed by atoms with van der Waals surface area (Å²) in [5.74, 6) is 9.85. The number of rotatable bonds is 8. The molecule has 0 aliphatic heterocycles. The van der Waals surface area contributed by atoms with E-state index in [0.717, 1.165) is 91.3 Å². The van der Waals surface area contributed by atoms with Gasteiger partial charge in [0, 0.05) is 12.3 Å². The van der Waals surface area contributed by atoms with Gasteiger partial charge in [-0.3, -0.25) is 9.59 Å². The van der Waals surface area contributed by atoms with E-state index >= 15 is 0 Å². The van der Waals surface area contributed by atoms with Gasteiger partial charge in [0.2, 0.25) is 0 Å². The van der Waals surface area contributed by atoms with Crippen LogP contribution < -0.4 is 0 Å². The van der Waals surface area contributed by atoms with Gasteiger partial charge in [0.1, 0.15) is 11.7 Å². The highest BCUT2D eigenvalue weighted by atomic mass is 16.5. The third-order valence-corrected chi connectivity index (χ3v) is 19.2. The summed E-state index contributed by atoms with van der Waals surface area (Å²) >= 11 is 0. The highest BCUT2D eigenvalue weighted by Crippen LogP contribution is 2.71. The molecule has 0 aromatic heterocycles. The molecule has 10 aliphatic carbocycles. The van der Waals surface area contributed by atoms with E-state index in [1.54, 1.807) is 12.0 Å². The summed E-state index contributed by atoms with van der Waals surface area (Å²) in [5, 5.41) is 0. The maximum Gasteiger partial charge on any atom is 0.305 e. The normalized spacial score (nSPS) is 49.9. The summed E-state index contributed by atoms with van der Waals surface area (Å²) in [6, 6.07) is 0. The van der Waals surface area contributed by atoms with Crippen molar-refractivity contribution in [2.24, 2.45) is 81.3 Å². The van der Waals surface area contributed by atoms with E-state index < -0.39 is 0 Å². The highest BCUT2D eigenvalue weighted by Gasteiger charge is 2.68. The lowest BCUT2D eigenvalue weighted by molar-refractivity contribution is -0.150. The molecule has 0 aromatic rings. The van der Waals surface area contributed by atoms with Crippen molar-refractivity contribution >= 4 is 12.4 Å². The Kier molecular flexibility index (Phi) is 10.5. The van der Waals surface area contributed by atoms with Crippen LogP contribution in [0.2, 0.25) is 0 Å². The monoisotopic (exact) mass is 741 g/mol. The summed E-state index contributed by atoms with van der Waals surface area (Å²) in [4.78, 5) is 22.6. The van der Waals surface area contributed by atoms with Crippen molar-refractivity contribution in [1.82, 2.24) is 0 Å². The van der Waals surface area contributed by atoms with Gasteiger partial charge < -0.3 is 9.47 Å². The molecule has 9 saturated carbocycles. The number of allylic oxidation sites excluding steroid dienone is 5. The van der Waals surface area contributed by atoms with Gasteiger partial charge in [-0.05, 0) is 192 Å². The minimum absolute atomic E-state index is 0.00516. The van der Waals surface area contributed by atoms with Crippen LogP contribution in [-0.4, -0.2) is 24.1 Å². The number of carbonyl (C=O) groups excluding carboxylic acids is 2. The van der Waals surface area contributed by atoms with Crippen molar-refractivity contribution in [3.63, 3.8) is 0 Å². The van der Waals surface area contributed by atoms with Crippen molar-refractivity contribution in [1.29, 1.82) is 0 Å². The van der Waals surface area contributed by atoms with Gasteiger partial charge in [0.05, 0.1) is 0 Å². The lowest BCUT2D eigenvalue weighted by Crippen LogP contribution is -2.42. The Labute approximate surface area is 329 Å². The maximum atomic E-state index is 11.6. The Morgan fingerprint density at radius 3 is 2.17 bits per heavy atom. The Bertz CT molecular complexity index is 1520. The molecule has 0 radical (unpaired) electrons. The van der Waals surface area contributed by atoms with Crippen LogP contribution in [0.3, 0.4) is 0 Å². The van der Waals surface area contributed by atoms with Crippen LogP contribution in [0.5, 0.6) is 0 Å². The number of fused-ring (bicyclic) bond motifs is 15. The fourth-order valence-corrected chi connectivity index (χ4v) is 17.1. The average molecular weight is 741 g/mol. The van der Waals surface area contributed by atoms with E-state index in [1.807, 2.05) is 12.5 Å². The zero-order valence-electron chi connectivity index (χ0n) is 35.4. The zero-order valence-corrected chi connectivity index (χ0v) is 35.4. The lowest BCUT2D eigenvalue weighted by Gasteiger charge is -2.42. The molecular formula is C50H76O4. The zero-order chi connectivity index (χ0) is 38.2. The fraction of sp³-hybridized carbons (Fsp3) is 0.840. The molecule has 0 saturated heterocycles. The number of esters is 1. The molecule has 0 aromatic carbocycles. The molecule has 4 nitrogen and oxygen atoms in total. The second kappa shape index (κ2) is 14.5. The predicted molar refractivity (Wildman–Crippen MR) is 218 cm³/mol. The van der Waals surface area contributed by atoms with Gasteiger partial charge in [-0.25, -0.2) is 0 Å². The lowest BCUT2D eigenvalue weighted by atomic mass is 9.62. The Balaban J connectivity index is 0.000000118. The Morgan fingerprint density at radius 1 is 0.759 bits per heavy atom. The van der Waals surface area contributed by atoms with Crippen LogP contribution in [0.4, 0.5) is 0 Å². The molecule has 0 amide bonds. The summed E-state index contributed by atoms with van der Waals surface area (Å²) in [6.07, 6.45) is 29.4. The molecule has 16 atom stereocenters. The highest BCUT2D eigenvalue weighted by molar-refractivity contribution is 5.69. The smallest absolute Gasteiger partial charge is 0.305 e. The van der Waals surface area contributed by atoms with E-state index in [-0.39, 0.29) is 23.1 Å². The third-order valence-electron chi connectivity index (χ3n) is 19.2. The van der Waals surface area contributed by atoms with Crippen LogP contribution in [0, 0.1) is 81.3 Å². The number of ether oxygens (including phenoxy) is 2. The first-order valence-corrected chi connectivity index (χ1v) is 23.1. The third kappa shape index (κ3) is 6.26. The van der Waals surface area contributed by atoms with Gasteiger partial charge >= 0.3 is 5.97 Å². The van der Waals surface area contributed by atoms with Crippen molar-refractivity contribution in [2.45, 2.75) is 182 Å². The van der Waals surface area contributed by atoms with Crippen molar-refractivity contribution in [2.75, 3.05) is 0 Å². The number of carbonyl (C=O) groups is 2. The molecule has 10 aliphatic rings. The van der Waals surface area contributed by atoms with E-state index in [9.17, 15) is 9.59 Å². The summed E-state index contributed by atoms with van der Waals surface area (Å²) in [7, 11) is 0. The Morgan fingerprint density at radius 2 is 1.46 bits per heavy atom. The number of hydrogen-bond donors (Lipinski definition) is 0. The van der Waals surface area contributed by atoms with Gasteiger partial charge in [-0.15, -0.1) is 6.58 Å². The first kappa shape index (κ1) is 39.0. The second-order valence-corrected chi connectivity index (χ2v) is 21.7. The van der Waals surface area contributed by atoms with Crippen LogP contribution in [-0.2, 0) is 19.1 Å². The second-order valence-electron chi connectivity index (χ2n) is 21.7. The first-order chi connectivity index (χ1) is 25.8. The molecule has 9 fully saturated rings. The van der Waals surface area contributed by atoms with Gasteiger partial charge in [0.25, 0.3) is 6.47 Å². The van der Waals surface area contributed by atoms with Crippen molar-refractivity contribution in [3.05, 3.63) is 35.5 Å². The van der Waals surface area contributed by atoms with Crippen molar-refractivity contribution in [3.8, 4) is 0 Å². The SMILES string of the molecule is C=CC1(C)CC2CC1C1CCCC21.CC/C(C)=C\C1(C)CC2(OC=O)CC1C1CCCC12.CCC(=O)OC1CC2C3CC(C2C1)C(C)(C1=C(C)CCC1)C3. The summed E-state index contributed by atoms with van der Waals surface area (Å²) in [5.41, 5.74) is 6.07. The van der Waals surface area contributed by atoms with E-state index in [0.29, 0.717) is 29.6 Å². The van der Waals surface area contributed by atoms with Gasteiger partial charge in [0.15, 0.2) is 0 Å². The van der Waals surface area contributed by atoms with Gasteiger partial charge in [-0.1, -0.05) is 76.3 Å². The molecular weight excluding hydrogens is 665 g/mol. The van der Waals surface area contributed by atoms with Crippen molar-refractivity contribution < 1.29 is 19.1 Å². The molecule has 6 bridgehead atoms. The molecule has 54 heavy (non-hydrogen) atoms. The fourth-order valence-electron chi connectivity index (χ4n) is 17.1. The van der Waals surface area contributed by atoms with E-state index in [1.165, 1.54) is 82.6 Å². The first-order valence-electron chi connectivity index (χ1n) is 23.1. The molecule has 300 valence electrons. The quantitative estimate of drug-likeness (QED) is 0.141. The average Bonchev–Trinajstić information content (AvgIpc) is 3.97. The topological polar surface area (TPSA) is 52.6 Å². The number of hydrogen-bond acceptors (Lipinski definition) is 4. The van der Waals surface area contributed by atoms with Crippen LogP contribution in [0.1, 0.15) is 170 Å². The Hall–Kier alpha value is -1.84. The minimum atomic E-state index is -0.132. The molecule has 0 N–H and O–H groups in total. The molecule has 0 spiro atoms. The maximum absolute atomic E-state index is 11.6. The van der Waals surface area contributed by atoms with Crippen LogP contribution >= 0.6 is 0 Å². The van der Waals surface area contributed by atoms with Crippen LogP contribution in [0.15, 0.2) is 35.5 Å². The largest absolute Gasteiger partial charge is 0.462 e. The molecule has 4 heteroatoms. The molecule has 10 rings (SSSR count). The predicted octanol–water partition coefficient (Wildman–Crippen LogP) is 12.6. The summed E-state index contributed by atoms with van der Waals surface area (Å²) < 4.78 is 11.4. The standard InChI is InChI=1S/C20H30O2.C17H26O2.C13H20/c1-4-19(21)22-14-9-15-13-8-18(16(15)10-14)20(3,11-13)17-7-5-6-12(17)2;1-4-12(2)8-16(3)10-17(19-11-18)9-15(16)13-6-5-7-14(13)17;1-3-13(2)8-9-7-12(13)11-6-4-5-10(9)11/h13-16,18H,4-11H2,1-3H3;8,11,13-15H,4-7,9-10H2,1-3H3;3,9-12H,1,4-8H2,2H3/b;12-8-;. The van der Waals surface area contributed by atoms with E-state index in [2.05, 4.69) is 60.3 Å². The molecule has 0 heterocycles. The van der Waals surface area contributed by atoms with E-state index in [4.69, 9.17) is 9.47 Å². The van der Waals surface area contributed by atoms with Gasteiger partial charge in [-0.2, -0.15) is 0 Å². The van der Waals surface area contributed by atoms with Crippen LogP contribution in [0.25, 0.3) is 0 Å².